The monoisotopic (exact) mass is 132 g/mol. The minimum Gasteiger partial charge on any atom is -0.358 e. The smallest absolute Gasteiger partial charge is 0.0753 e. The lowest BCUT2D eigenvalue weighted by Crippen LogP contribution is -2.79. The largest absolute Gasteiger partial charge is 0.358 e. The van der Waals surface area contributed by atoms with E-state index >= 15 is 0 Å². The molecule has 0 atom stereocenters. The predicted octanol–water partition coefficient (Wildman–Crippen LogP) is -1.02. The number of hydrogen-bond acceptors (Lipinski definition) is 0. The minimum absolute atomic E-state index is 1.11. The Morgan fingerprint density at radius 3 is 2.33 bits per heavy atom. The van der Waals surface area contributed by atoms with Crippen LogP contribution in [0.5, 0.6) is 0 Å². The van der Waals surface area contributed by atoms with Gasteiger partial charge < -0.3 is 11.1 Å². The first-order valence-corrected chi connectivity index (χ1v) is 3.99. The molecular formula is C7H20N2+2. The van der Waals surface area contributed by atoms with Crippen LogP contribution in [-0.4, -0.2) is 20.1 Å². The molecule has 0 saturated heterocycles. The van der Waals surface area contributed by atoms with Crippen molar-refractivity contribution in [1.82, 2.24) is 0 Å². The molecule has 0 aromatic rings. The predicted molar refractivity (Wildman–Crippen MR) is 38.9 cm³/mol. The van der Waals surface area contributed by atoms with Crippen LogP contribution in [0.15, 0.2) is 0 Å². The van der Waals surface area contributed by atoms with Crippen molar-refractivity contribution >= 4 is 0 Å². The van der Waals surface area contributed by atoms with Gasteiger partial charge in [-0.25, -0.2) is 0 Å². The molecule has 0 aliphatic rings. The number of quaternary nitrogens is 2. The van der Waals surface area contributed by atoms with Gasteiger partial charge >= 0.3 is 0 Å². The van der Waals surface area contributed by atoms with Crippen LogP contribution in [0.2, 0.25) is 0 Å². The Hall–Kier alpha value is -0.0800. The molecular weight excluding hydrogens is 112 g/mol. The van der Waals surface area contributed by atoms with Crippen LogP contribution < -0.4 is 11.1 Å². The van der Waals surface area contributed by atoms with E-state index in [1.165, 1.54) is 32.2 Å². The summed E-state index contributed by atoms with van der Waals surface area (Å²) in [6.07, 6.45) is 5.44. The van der Waals surface area contributed by atoms with Crippen molar-refractivity contribution in [3.63, 3.8) is 0 Å². The molecule has 0 amide bonds. The third-order valence-electron chi connectivity index (χ3n) is 1.49. The van der Waals surface area contributed by atoms with Crippen molar-refractivity contribution in [3.8, 4) is 0 Å². The molecule has 0 aromatic heterocycles. The second-order valence-electron chi connectivity index (χ2n) is 2.46. The Morgan fingerprint density at radius 2 is 1.78 bits per heavy atom. The summed E-state index contributed by atoms with van der Waals surface area (Å²) < 4.78 is 0. The van der Waals surface area contributed by atoms with E-state index in [9.17, 15) is 0 Å². The van der Waals surface area contributed by atoms with Crippen molar-refractivity contribution in [2.75, 3.05) is 20.1 Å². The van der Waals surface area contributed by atoms with E-state index in [-0.39, 0.29) is 0 Å². The number of nitrogens with two attached hydrogens (primary N) is 1. The average Bonchev–Trinajstić information content (AvgIpc) is 1.89. The molecule has 0 unspecified atom stereocenters. The number of unbranched alkanes of at least 4 members (excludes halogenated alkanes) is 3. The lowest BCUT2D eigenvalue weighted by molar-refractivity contribution is -0.627. The summed E-state index contributed by atoms with van der Waals surface area (Å²) in [5.74, 6) is 0. The van der Waals surface area contributed by atoms with Crippen molar-refractivity contribution in [1.29, 1.82) is 0 Å². The molecule has 0 aromatic carbocycles. The van der Waals surface area contributed by atoms with Gasteiger partial charge in [-0.1, -0.05) is 0 Å². The third kappa shape index (κ3) is 7.92. The van der Waals surface area contributed by atoms with E-state index in [2.05, 4.69) is 18.1 Å². The summed E-state index contributed by atoms with van der Waals surface area (Å²) in [6.45, 7) is 2.40. The van der Waals surface area contributed by atoms with Crippen LogP contribution in [-0.2, 0) is 0 Å². The van der Waals surface area contributed by atoms with Crippen LogP contribution in [0.25, 0.3) is 0 Å². The normalized spacial score (nSPS) is 10.0. The van der Waals surface area contributed by atoms with Crippen molar-refractivity contribution in [2.45, 2.75) is 25.7 Å². The number of rotatable bonds is 6. The lowest BCUT2D eigenvalue weighted by atomic mass is 10.2. The first-order chi connectivity index (χ1) is 4.41. The van der Waals surface area contributed by atoms with E-state index < -0.39 is 0 Å². The van der Waals surface area contributed by atoms with Gasteiger partial charge in [0.25, 0.3) is 0 Å². The second kappa shape index (κ2) is 7.92. The summed E-state index contributed by atoms with van der Waals surface area (Å²) >= 11 is 0. The zero-order valence-electron chi connectivity index (χ0n) is 6.53. The molecule has 2 heteroatoms. The molecule has 2 nitrogen and oxygen atoms in total. The van der Waals surface area contributed by atoms with Gasteiger partial charge in [-0.05, 0) is 25.7 Å². The van der Waals surface area contributed by atoms with E-state index in [1.54, 1.807) is 0 Å². The fourth-order valence-electron chi connectivity index (χ4n) is 0.879. The molecule has 0 aliphatic heterocycles. The molecule has 0 fully saturated rings. The van der Waals surface area contributed by atoms with Crippen molar-refractivity contribution in [3.05, 3.63) is 0 Å². The summed E-state index contributed by atoms with van der Waals surface area (Å²) in [4.78, 5) is 0. The third-order valence-corrected chi connectivity index (χ3v) is 1.49. The zero-order chi connectivity index (χ0) is 6.95. The molecule has 0 heterocycles. The van der Waals surface area contributed by atoms with Gasteiger partial charge in [0.1, 0.15) is 0 Å². The highest BCUT2D eigenvalue weighted by Crippen LogP contribution is 1.94. The highest BCUT2D eigenvalue weighted by atomic mass is 14.8. The molecule has 56 valence electrons. The van der Waals surface area contributed by atoms with E-state index in [0.717, 1.165) is 6.54 Å². The van der Waals surface area contributed by atoms with Gasteiger partial charge in [0.2, 0.25) is 0 Å². The first-order valence-electron chi connectivity index (χ1n) is 3.99. The maximum absolute atomic E-state index is 3.80. The Bertz CT molecular complexity index is 40.2. The van der Waals surface area contributed by atoms with Gasteiger partial charge in [-0.15, -0.1) is 0 Å². The van der Waals surface area contributed by atoms with Gasteiger partial charge in [-0.2, -0.15) is 0 Å². The Kier molecular flexibility index (Phi) is 7.85. The Labute approximate surface area is 57.8 Å². The molecule has 9 heavy (non-hydrogen) atoms. The average molecular weight is 132 g/mol. The summed E-state index contributed by atoms with van der Waals surface area (Å²) in [5.41, 5.74) is 3.80. The standard InChI is InChI=1S/C7H18N2/c1-9-7-5-3-2-4-6-8/h9H,2-8H2,1H3/p+2. The van der Waals surface area contributed by atoms with Crippen molar-refractivity contribution in [2.24, 2.45) is 0 Å². The van der Waals surface area contributed by atoms with E-state index in [4.69, 9.17) is 0 Å². The van der Waals surface area contributed by atoms with Crippen LogP contribution in [0.3, 0.4) is 0 Å². The fraction of sp³-hybridized carbons (Fsp3) is 1.00. The van der Waals surface area contributed by atoms with E-state index in [0.29, 0.717) is 0 Å². The first kappa shape index (κ1) is 8.92. The van der Waals surface area contributed by atoms with Crippen molar-refractivity contribution < 1.29 is 11.1 Å². The van der Waals surface area contributed by atoms with Crippen LogP contribution in [0, 0.1) is 0 Å². The SMILES string of the molecule is C[NH2+]CCCCCC[NH3+]. The number of hydrogen-bond donors (Lipinski definition) is 2. The second-order valence-corrected chi connectivity index (χ2v) is 2.46. The van der Waals surface area contributed by atoms with Crippen LogP contribution in [0.4, 0.5) is 0 Å². The Morgan fingerprint density at radius 1 is 1.11 bits per heavy atom. The molecule has 0 aliphatic carbocycles. The van der Waals surface area contributed by atoms with Crippen LogP contribution in [0.1, 0.15) is 25.7 Å². The molecule has 5 N–H and O–H groups in total. The highest BCUT2D eigenvalue weighted by Gasteiger charge is 1.88. The van der Waals surface area contributed by atoms with Crippen LogP contribution >= 0.6 is 0 Å². The molecule has 0 radical (unpaired) electrons. The molecule has 0 bridgehead atoms. The van der Waals surface area contributed by atoms with Gasteiger partial charge in [0.05, 0.1) is 20.1 Å². The maximum atomic E-state index is 3.80. The maximum Gasteiger partial charge on any atom is 0.0753 e. The quantitative estimate of drug-likeness (QED) is 0.435. The lowest BCUT2D eigenvalue weighted by Gasteiger charge is -1.94. The molecule has 0 saturated carbocycles. The zero-order valence-corrected chi connectivity index (χ0v) is 6.53. The van der Waals surface area contributed by atoms with Gasteiger partial charge in [0.15, 0.2) is 0 Å². The summed E-state index contributed by atoms with van der Waals surface area (Å²) in [5, 5.41) is 2.24. The molecule has 0 rings (SSSR count). The van der Waals surface area contributed by atoms with E-state index in [1.807, 2.05) is 0 Å². The minimum atomic E-state index is 1.11. The topological polar surface area (TPSA) is 44.2 Å². The highest BCUT2D eigenvalue weighted by molar-refractivity contribution is 4.38. The molecule has 0 spiro atoms. The Balaban J connectivity index is 2.60. The van der Waals surface area contributed by atoms with Gasteiger partial charge in [0, 0.05) is 0 Å². The summed E-state index contributed by atoms with van der Waals surface area (Å²) in [7, 11) is 2.13. The van der Waals surface area contributed by atoms with Gasteiger partial charge in [-0.3, -0.25) is 0 Å². The summed E-state index contributed by atoms with van der Waals surface area (Å²) in [6, 6.07) is 0. The fourth-order valence-corrected chi connectivity index (χ4v) is 0.879.